The van der Waals surface area contributed by atoms with Gasteiger partial charge in [-0.15, -0.1) is 0 Å². The van der Waals surface area contributed by atoms with Crippen molar-refractivity contribution in [1.82, 2.24) is 15.3 Å². The lowest BCUT2D eigenvalue weighted by Gasteiger charge is -2.17. The zero-order valence-electron chi connectivity index (χ0n) is 11.3. The fourth-order valence-corrected chi connectivity index (χ4v) is 1.74. The van der Waals surface area contributed by atoms with Gasteiger partial charge in [-0.3, -0.25) is 4.79 Å². The van der Waals surface area contributed by atoms with Crippen LogP contribution in [0.2, 0.25) is 0 Å². The molecule has 0 radical (unpaired) electrons. The molecule has 0 aliphatic rings. The zero-order valence-corrected chi connectivity index (χ0v) is 11.3. The molecule has 0 saturated heterocycles. The summed E-state index contributed by atoms with van der Waals surface area (Å²) in [7, 11) is 0. The number of hydrogen-bond donors (Lipinski definition) is 2. The van der Waals surface area contributed by atoms with E-state index in [0.717, 1.165) is 22.4 Å². The number of rotatable bonds is 2. The Hall–Kier alpha value is -1.84. The van der Waals surface area contributed by atoms with Crippen LogP contribution in [0.15, 0.2) is 18.2 Å². The molecule has 96 valence electrons. The lowest BCUT2D eigenvalue weighted by Crippen LogP contribution is -2.34. The van der Waals surface area contributed by atoms with E-state index >= 15 is 0 Å². The molecular formula is C14H19N3O. The van der Waals surface area contributed by atoms with Crippen LogP contribution in [0.25, 0.3) is 11.0 Å². The molecule has 0 spiro atoms. The fourth-order valence-electron chi connectivity index (χ4n) is 1.74. The van der Waals surface area contributed by atoms with Crippen LogP contribution in [-0.2, 0) is 11.3 Å². The molecule has 0 atom stereocenters. The topological polar surface area (TPSA) is 57.8 Å². The highest BCUT2D eigenvalue weighted by Crippen LogP contribution is 2.15. The summed E-state index contributed by atoms with van der Waals surface area (Å²) >= 11 is 0. The minimum absolute atomic E-state index is 0.0587. The summed E-state index contributed by atoms with van der Waals surface area (Å²) < 4.78 is 0. The maximum absolute atomic E-state index is 11.8. The van der Waals surface area contributed by atoms with Crippen LogP contribution in [0, 0.1) is 12.3 Å². The highest BCUT2D eigenvalue weighted by molar-refractivity contribution is 5.81. The molecular weight excluding hydrogens is 226 g/mol. The molecule has 0 aliphatic carbocycles. The molecule has 0 unspecified atom stereocenters. The molecule has 4 nitrogen and oxygen atoms in total. The average molecular weight is 245 g/mol. The van der Waals surface area contributed by atoms with E-state index in [-0.39, 0.29) is 11.3 Å². The van der Waals surface area contributed by atoms with Gasteiger partial charge in [-0.05, 0) is 24.6 Å². The number of nitrogens with zero attached hydrogens (tertiary/aromatic N) is 1. The van der Waals surface area contributed by atoms with Crippen molar-refractivity contribution in [3.05, 3.63) is 29.6 Å². The van der Waals surface area contributed by atoms with Gasteiger partial charge in [-0.25, -0.2) is 4.98 Å². The highest BCUT2D eigenvalue weighted by Gasteiger charge is 2.20. The normalized spacial score (nSPS) is 11.8. The van der Waals surface area contributed by atoms with Gasteiger partial charge in [0.1, 0.15) is 5.82 Å². The Morgan fingerprint density at radius 1 is 1.39 bits per heavy atom. The van der Waals surface area contributed by atoms with Crippen LogP contribution >= 0.6 is 0 Å². The molecule has 1 aromatic carbocycles. The monoisotopic (exact) mass is 245 g/mol. The molecule has 1 aromatic heterocycles. The quantitative estimate of drug-likeness (QED) is 0.854. The third-order valence-electron chi connectivity index (χ3n) is 2.80. The van der Waals surface area contributed by atoms with Crippen LogP contribution in [0.5, 0.6) is 0 Å². The number of aromatic nitrogens is 2. The summed E-state index contributed by atoms with van der Waals surface area (Å²) in [5.41, 5.74) is 2.69. The summed E-state index contributed by atoms with van der Waals surface area (Å²) in [6.45, 7) is 8.20. The third kappa shape index (κ3) is 2.70. The van der Waals surface area contributed by atoms with Gasteiger partial charge in [0, 0.05) is 12.0 Å². The van der Waals surface area contributed by atoms with Gasteiger partial charge in [-0.2, -0.15) is 0 Å². The van der Waals surface area contributed by atoms with E-state index in [9.17, 15) is 4.79 Å². The molecule has 18 heavy (non-hydrogen) atoms. The van der Waals surface area contributed by atoms with Gasteiger partial charge in [0.2, 0.25) is 5.91 Å². The number of H-pyrrole nitrogens is 1. The molecule has 0 saturated carbocycles. The van der Waals surface area contributed by atoms with Gasteiger partial charge in [0.05, 0.1) is 11.0 Å². The number of carbonyl (C=O) groups is 1. The number of fused-ring (bicyclic) bond motifs is 1. The van der Waals surface area contributed by atoms with Crippen molar-refractivity contribution < 1.29 is 4.79 Å². The van der Waals surface area contributed by atoms with E-state index < -0.39 is 0 Å². The van der Waals surface area contributed by atoms with E-state index in [0.29, 0.717) is 6.54 Å². The van der Waals surface area contributed by atoms with E-state index in [1.54, 1.807) is 0 Å². The summed E-state index contributed by atoms with van der Waals surface area (Å²) in [6.07, 6.45) is 0. The number of benzene rings is 1. The SMILES string of the molecule is Cc1nc2ccc(CNC(=O)C(C)(C)C)cc2[nH]1. The molecule has 1 amide bonds. The molecule has 1 heterocycles. The molecule has 0 aliphatic heterocycles. The number of aryl methyl sites for hydroxylation is 1. The molecule has 2 rings (SSSR count). The Balaban J connectivity index is 2.10. The van der Waals surface area contributed by atoms with Crippen LogP contribution in [0.4, 0.5) is 0 Å². The third-order valence-corrected chi connectivity index (χ3v) is 2.80. The molecule has 2 N–H and O–H groups in total. The van der Waals surface area contributed by atoms with Crippen molar-refractivity contribution >= 4 is 16.9 Å². The predicted molar refractivity (Wildman–Crippen MR) is 72.1 cm³/mol. The van der Waals surface area contributed by atoms with E-state index in [1.807, 2.05) is 45.9 Å². The summed E-state index contributed by atoms with van der Waals surface area (Å²) in [4.78, 5) is 19.3. The molecule has 4 heteroatoms. The second kappa shape index (κ2) is 4.44. The Labute approximate surface area is 107 Å². The smallest absolute Gasteiger partial charge is 0.225 e. The second-order valence-corrected chi connectivity index (χ2v) is 5.61. The maximum Gasteiger partial charge on any atom is 0.225 e. The van der Waals surface area contributed by atoms with Crippen LogP contribution in [0.3, 0.4) is 0 Å². The number of aromatic amines is 1. The van der Waals surface area contributed by atoms with Crippen molar-refractivity contribution in [3.8, 4) is 0 Å². The van der Waals surface area contributed by atoms with Gasteiger partial charge >= 0.3 is 0 Å². The predicted octanol–water partition coefficient (Wildman–Crippen LogP) is 2.53. The van der Waals surface area contributed by atoms with Crippen molar-refractivity contribution in [1.29, 1.82) is 0 Å². The second-order valence-electron chi connectivity index (χ2n) is 5.61. The Morgan fingerprint density at radius 3 is 2.78 bits per heavy atom. The maximum atomic E-state index is 11.8. The van der Waals surface area contributed by atoms with Gasteiger partial charge < -0.3 is 10.3 Å². The van der Waals surface area contributed by atoms with Crippen LogP contribution in [0.1, 0.15) is 32.2 Å². The Kier molecular flexibility index (Phi) is 3.11. The first-order chi connectivity index (χ1) is 8.36. The summed E-state index contributed by atoms with van der Waals surface area (Å²) in [5, 5.41) is 2.94. The first-order valence-corrected chi connectivity index (χ1v) is 6.10. The number of hydrogen-bond acceptors (Lipinski definition) is 2. The number of amides is 1. The van der Waals surface area contributed by atoms with Crippen LogP contribution < -0.4 is 5.32 Å². The minimum Gasteiger partial charge on any atom is -0.352 e. The largest absolute Gasteiger partial charge is 0.352 e. The molecule has 2 aromatic rings. The van der Waals surface area contributed by atoms with Crippen molar-refractivity contribution in [3.63, 3.8) is 0 Å². The zero-order chi connectivity index (χ0) is 13.3. The summed E-state index contributed by atoms with van der Waals surface area (Å²) in [6, 6.07) is 5.99. The standard InChI is InChI=1S/C14H19N3O/c1-9-16-11-6-5-10(7-12(11)17-9)8-15-13(18)14(2,3)4/h5-7H,8H2,1-4H3,(H,15,18)(H,16,17). The van der Waals surface area contributed by atoms with Crippen molar-refractivity contribution in [2.24, 2.45) is 5.41 Å². The lowest BCUT2D eigenvalue weighted by molar-refractivity contribution is -0.128. The Morgan fingerprint density at radius 2 is 2.11 bits per heavy atom. The van der Waals surface area contributed by atoms with E-state index in [2.05, 4.69) is 15.3 Å². The average Bonchev–Trinajstić information content (AvgIpc) is 2.63. The van der Waals surface area contributed by atoms with E-state index in [1.165, 1.54) is 0 Å². The van der Waals surface area contributed by atoms with Gasteiger partial charge in [-0.1, -0.05) is 26.8 Å². The first kappa shape index (κ1) is 12.6. The number of imidazole rings is 1. The van der Waals surface area contributed by atoms with E-state index in [4.69, 9.17) is 0 Å². The van der Waals surface area contributed by atoms with Gasteiger partial charge in [0.25, 0.3) is 0 Å². The molecule has 0 fully saturated rings. The number of nitrogens with one attached hydrogen (secondary N) is 2. The van der Waals surface area contributed by atoms with Gasteiger partial charge in [0.15, 0.2) is 0 Å². The molecule has 0 bridgehead atoms. The first-order valence-electron chi connectivity index (χ1n) is 6.10. The van der Waals surface area contributed by atoms with Crippen molar-refractivity contribution in [2.75, 3.05) is 0 Å². The summed E-state index contributed by atoms with van der Waals surface area (Å²) in [5.74, 6) is 0.962. The van der Waals surface area contributed by atoms with Crippen LogP contribution in [-0.4, -0.2) is 15.9 Å². The fraction of sp³-hybridized carbons (Fsp3) is 0.429. The Bertz CT molecular complexity index is 578. The van der Waals surface area contributed by atoms with Crippen molar-refractivity contribution in [2.45, 2.75) is 34.2 Å². The number of carbonyl (C=O) groups excluding carboxylic acids is 1. The minimum atomic E-state index is -0.353. The lowest BCUT2D eigenvalue weighted by atomic mass is 9.95. The highest BCUT2D eigenvalue weighted by atomic mass is 16.2.